The summed E-state index contributed by atoms with van der Waals surface area (Å²) in [6.45, 7) is 1.96. The smallest absolute Gasteiger partial charge is 0.123 e. The third-order valence-electron chi connectivity index (χ3n) is 3.87. The summed E-state index contributed by atoms with van der Waals surface area (Å²) in [5.41, 5.74) is 2.21. The quantitative estimate of drug-likeness (QED) is 0.839. The van der Waals surface area contributed by atoms with E-state index in [2.05, 4.69) is 5.32 Å². The summed E-state index contributed by atoms with van der Waals surface area (Å²) in [5.74, 6) is 0.524. The molecule has 100 valence electrons. The van der Waals surface area contributed by atoms with Gasteiger partial charge in [0.15, 0.2) is 0 Å². The molecule has 1 aromatic carbocycles. The van der Waals surface area contributed by atoms with Crippen molar-refractivity contribution in [3.05, 3.63) is 35.1 Å². The number of aryl methyl sites for hydroxylation is 1. The number of nitrogens with one attached hydrogen (secondary N) is 1. The van der Waals surface area contributed by atoms with Crippen LogP contribution in [0, 0.1) is 18.7 Å². The Kier molecular flexibility index (Phi) is 4.36. The fraction of sp³-hybridized carbons (Fsp3) is 0.600. The third-order valence-corrected chi connectivity index (χ3v) is 3.87. The number of benzene rings is 1. The van der Waals surface area contributed by atoms with Gasteiger partial charge in [-0.3, -0.25) is 0 Å². The number of ether oxygens (including phenoxy) is 1. The van der Waals surface area contributed by atoms with Gasteiger partial charge in [0.1, 0.15) is 5.82 Å². The van der Waals surface area contributed by atoms with Crippen LogP contribution in [0.5, 0.6) is 0 Å². The number of halogens is 1. The van der Waals surface area contributed by atoms with Crippen LogP contribution >= 0.6 is 0 Å². The molecule has 0 radical (unpaired) electrons. The van der Waals surface area contributed by atoms with Crippen LogP contribution in [0.15, 0.2) is 18.2 Å². The molecular formula is C15H22FNO. The molecule has 0 saturated heterocycles. The Bertz CT molecular complexity index is 403. The Morgan fingerprint density at radius 1 is 1.44 bits per heavy atom. The fourth-order valence-corrected chi connectivity index (χ4v) is 2.62. The van der Waals surface area contributed by atoms with Gasteiger partial charge in [-0.1, -0.05) is 6.07 Å². The van der Waals surface area contributed by atoms with Gasteiger partial charge in [0.2, 0.25) is 0 Å². The highest BCUT2D eigenvalue weighted by molar-refractivity contribution is 5.27. The second-order valence-corrected chi connectivity index (χ2v) is 5.21. The molecule has 1 saturated carbocycles. The van der Waals surface area contributed by atoms with E-state index in [0.29, 0.717) is 12.0 Å². The molecule has 0 aliphatic heterocycles. The van der Waals surface area contributed by atoms with Gasteiger partial charge >= 0.3 is 0 Å². The second-order valence-electron chi connectivity index (χ2n) is 5.21. The summed E-state index contributed by atoms with van der Waals surface area (Å²) >= 11 is 0. The van der Waals surface area contributed by atoms with Crippen LogP contribution in [-0.2, 0) is 11.2 Å². The fourth-order valence-electron chi connectivity index (χ4n) is 2.62. The molecule has 0 spiro atoms. The Hall–Kier alpha value is -0.930. The van der Waals surface area contributed by atoms with Crippen molar-refractivity contribution in [2.24, 2.45) is 5.92 Å². The molecule has 1 aliphatic carbocycles. The van der Waals surface area contributed by atoms with Gasteiger partial charge in [-0.25, -0.2) is 4.39 Å². The summed E-state index contributed by atoms with van der Waals surface area (Å²) in [5, 5.41) is 3.35. The molecule has 1 N–H and O–H groups in total. The Balaban J connectivity index is 2.09. The van der Waals surface area contributed by atoms with Crippen LogP contribution in [0.1, 0.15) is 24.0 Å². The molecule has 1 aliphatic rings. The minimum Gasteiger partial charge on any atom is -0.380 e. The van der Waals surface area contributed by atoms with Crippen LogP contribution in [0.3, 0.4) is 0 Å². The summed E-state index contributed by atoms with van der Waals surface area (Å²) in [4.78, 5) is 0. The number of methoxy groups -OCH3 is 1. The lowest BCUT2D eigenvalue weighted by atomic mass is 9.95. The first-order valence-electron chi connectivity index (χ1n) is 6.60. The maximum Gasteiger partial charge on any atom is 0.123 e. The minimum atomic E-state index is -0.164. The number of hydrogen-bond acceptors (Lipinski definition) is 2. The molecular weight excluding hydrogens is 229 g/mol. The highest BCUT2D eigenvalue weighted by atomic mass is 19.1. The van der Waals surface area contributed by atoms with Crippen LogP contribution in [0.25, 0.3) is 0 Å². The predicted molar refractivity (Wildman–Crippen MR) is 71.2 cm³/mol. The van der Waals surface area contributed by atoms with Gasteiger partial charge in [-0.05, 0) is 62.4 Å². The summed E-state index contributed by atoms with van der Waals surface area (Å²) in [7, 11) is 3.75. The summed E-state index contributed by atoms with van der Waals surface area (Å²) in [6.07, 6.45) is 3.68. The molecule has 3 heteroatoms. The van der Waals surface area contributed by atoms with Gasteiger partial charge in [0.05, 0.1) is 6.10 Å². The van der Waals surface area contributed by atoms with Crippen LogP contribution in [0.4, 0.5) is 4.39 Å². The SMILES string of the molecule is CNC(Cc1ccc(F)cc1C)C(OC)C1CC1. The largest absolute Gasteiger partial charge is 0.380 e. The summed E-state index contributed by atoms with van der Waals surface area (Å²) in [6, 6.07) is 5.32. The first kappa shape index (κ1) is 13.5. The molecule has 0 bridgehead atoms. The van der Waals surface area contributed by atoms with Crippen molar-refractivity contribution in [2.45, 2.75) is 38.3 Å². The topological polar surface area (TPSA) is 21.3 Å². The average molecular weight is 251 g/mol. The van der Waals surface area contributed by atoms with E-state index < -0.39 is 0 Å². The maximum absolute atomic E-state index is 13.1. The Labute approximate surface area is 109 Å². The first-order chi connectivity index (χ1) is 8.65. The molecule has 2 nitrogen and oxygen atoms in total. The van der Waals surface area contributed by atoms with E-state index in [0.717, 1.165) is 12.0 Å². The molecule has 2 rings (SSSR count). The second kappa shape index (κ2) is 5.81. The van der Waals surface area contributed by atoms with Crippen molar-refractivity contribution < 1.29 is 9.13 Å². The van der Waals surface area contributed by atoms with E-state index in [1.165, 1.54) is 24.5 Å². The van der Waals surface area contributed by atoms with Gasteiger partial charge < -0.3 is 10.1 Å². The van der Waals surface area contributed by atoms with E-state index in [1.54, 1.807) is 13.2 Å². The zero-order chi connectivity index (χ0) is 13.1. The molecule has 1 aromatic rings. The molecule has 2 unspecified atom stereocenters. The Morgan fingerprint density at radius 3 is 2.67 bits per heavy atom. The lowest BCUT2D eigenvalue weighted by molar-refractivity contribution is 0.0534. The molecule has 0 aromatic heterocycles. The standard InChI is InChI=1S/C15H22FNO/c1-10-8-13(16)7-6-12(10)9-14(17-2)15(18-3)11-4-5-11/h6-8,11,14-15,17H,4-5,9H2,1-3H3. The van der Waals surface area contributed by atoms with Crippen molar-refractivity contribution in [1.82, 2.24) is 5.32 Å². The molecule has 0 amide bonds. The highest BCUT2D eigenvalue weighted by Crippen LogP contribution is 2.36. The average Bonchev–Trinajstić information content (AvgIpc) is 3.16. The number of hydrogen-bond donors (Lipinski definition) is 1. The molecule has 1 fully saturated rings. The van der Waals surface area contributed by atoms with Crippen molar-refractivity contribution in [3.63, 3.8) is 0 Å². The van der Waals surface area contributed by atoms with Gasteiger partial charge in [0, 0.05) is 13.2 Å². The van der Waals surface area contributed by atoms with Gasteiger partial charge in [-0.15, -0.1) is 0 Å². The zero-order valence-electron chi connectivity index (χ0n) is 11.4. The van der Waals surface area contributed by atoms with E-state index in [4.69, 9.17) is 4.74 Å². The highest BCUT2D eigenvalue weighted by Gasteiger charge is 2.36. The molecule has 2 atom stereocenters. The lowest BCUT2D eigenvalue weighted by Gasteiger charge is -2.26. The van der Waals surface area contributed by atoms with Gasteiger partial charge in [-0.2, -0.15) is 0 Å². The first-order valence-corrected chi connectivity index (χ1v) is 6.60. The zero-order valence-corrected chi connectivity index (χ0v) is 11.4. The van der Waals surface area contributed by atoms with Crippen molar-refractivity contribution in [1.29, 1.82) is 0 Å². The minimum absolute atomic E-state index is 0.164. The summed E-state index contributed by atoms with van der Waals surface area (Å²) < 4.78 is 18.7. The lowest BCUT2D eigenvalue weighted by Crippen LogP contribution is -2.42. The molecule has 18 heavy (non-hydrogen) atoms. The number of likely N-dealkylation sites (N-methyl/N-ethyl adjacent to an activating group) is 1. The van der Waals surface area contributed by atoms with Crippen molar-refractivity contribution in [2.75, 3.05) is 14.2 Å². The third kappa shape index (κ3) is 3.09. The van der Waals surface area contributed by atoms with Crippen LogP contribution in [-0.4, -0.2) is 26.3 Å². The van der Waals surface area contributed by atoms with Crippen molar-refractivity contribution in [3.8, 4) is 0 Å². The van der Waals surface area contributed by atoms with Gasteiger partial charge in [0.25, 0.3) is 0 Å². The van der Waals surface area contributed by atoms with E-state index in [-0.39, 0.29) is 11.9 Å². The predicted octanol–water partition coefficient (Wildman–Crippen LogP) is 2.69. The maximum atomic E-state index is 13.1. The van der Waals surface area contributed by atoms with Crippen molar-refractivity contribution >= 4 is 0 Å². The Morgan fingerprint density at radius 2 is 2.17 bits per heavy atom. The molecule has 0 heterocycles. The van der Waals surface area contributed by atoms with Crippen LogP contribution in [0.2, 0.25) is 0 Å². The van der Waals surface area contributed by atoms with E-state index in [9.17, 15) is 4.39 Å². The van der Waals surface area contributed by atoms with Crippen LogP contribution < -0.4 is 5.32 Å². The normalized spacial score (nSPS) is 18.7. The monoisotopic (exact) mass is 251 g/mol. The van der Waals surface area contributed by atoms with E-state index in [1.807, 2.05) is 20.0 Å². The number of rotatable bonds is 6. The van der Waals surface area contributed by atoms with E-state index >= 15 is 0 Å².